The van der Waals surface area contributed by atoms with Crippen LogP contribution in [0, 0.1) is 4.77 Å². The number of rotatable bonds is 0. The molecule has 4 nitrogen and oxygen atoms in total. The second kappa shape index (κ2) is 2.75. The minimum atomic E-state index is -0.131. The lowest BCUT2D eigenvalue weighted by atomic mass is 10.1. The quantitative estimate of drug-likeness (QED) is 0.585. The first-order chi connectivity index (χ1) is 5.77. The molecule has 0 aliphatic carbocycles. The Kier molecular flexibility index (Phi) is 1.73. The minimum Gasteiger partial charge on any atom is -0.479 e. The van der Waals surface area contributed by atoms with Crippen LogP contribution in [0.1, 0.15) is 12.0 Å². The highest BCUT2D eigenvalue weighted by molar-refractivity contribution is 7.71. The fraction of sp³-hybridized carbons (Fsp3) is 0.429. The van der Waals surface area contributed by atoms with Crippen molar-refractivity contribution < 1.29 is 4.74 Å². The molecule has 0 unspecified atom stereocenters. The molecule has 0 saturated heterocycles. The highest BCUT2D eigenvalue weighted by Crippen LogP contribution is 2.16. The number of H-pyrrole nitrogens is 2. The molecule has 1 aliphatic heterocycles. The van der Waals surface area contributed by atoms with Gasteiger partial charge in [0, 0.05) is 0 Å². The van der Waals surface area contributed by atoms with Gasteiger partial charge in [-0.3, -0.25) is 9.78 Å². The van der Waals surface area contributed by atoms with Gasteiger partial charge in [0.1, 0.15) is 0 Å². The second-order valence-electron chi connectivity index (χ2n) is 2.67. The Labute approximate surface area is 73.6 Å². The second-order valence-corrected chi connectivity index (χ2v) is 3.08. The van der Waals surface area contributed by atoms with E-state index >= 15 is 0 Å². The van der Waals surface area contributed by atoms with Crippen molar-refractivity contribution in [3.63, 3.8) is 0 Å². The molecule has 1 aliphatic rings. The first-order valence-electron chi connectivity index (χ1n) is 3.75. The summed E-state index contributed by atoms with van der Waals surface area (Å²) >= 11 is 4.79. The predicted octanol–water partition coefficient (Wildman–Crippen LogP) is 0.757. The third-order valence-corrected chi connectivity index (χ3v) is 2.02. The summed E-state index contributed by atoms with van der Waals surface area (Å²) in [5, 5.41) is 0. The van der Waals surface area contributed by atoms with Crippen molar-refractivity contribution in [1.29, 1.82) is 0 Å². The van der Waals surface area contributed by atoms with Gasteiger partial charge in [-0.25, -0.2) is 0 Å². The van der Waals surface area contributed by atoms with Crippen LogP contribution in [0.3, 0.4) is 0 Å². The zero-order valence-electron chi connectivity index (χ0n) is 6.35. The molecule has 0 atom stereocenters. The molecule has 64 valence electrons. The topological polar surface area (TPSA) is 57.9 Å². The summed E-state index contributed by atoms with van der Waals surface area (Å²) in [4.78, 5) is 16.6. The average molecular weight is 184 g/mol. The number of aromatic amines is 2. The number of fused-ring (bicyclic) bond motifs is 1. The number of ether oxygens (including phenoxy) is 1. The van der Waals surface area contributed by atoms with Gasteiger partial charge in [0.25, 0.3) is 5.56 Å². The van der Waals surface area contributed by atoms with Gasteiger partial charge in [0.15, 0.2) is 4.77 Å². The largest absolute Gasteiger partial charge is 0.479 e. The van der Waals surface area contributed by atoms with Crippen LogP contribution in [-0.2, 0) is 6.42 Å². The molecule has 1 aromatic heterocycles. The van der Waals surface area contributed by atoms with Crippen LogP contribution in [0.5, 0.6) is 5.88 Å². The molecule has 5 heteroatoms. The van der Waals surface area contributed by atoms with Gasteiger partial charge in [0.05, 0.1) is 12.2 Å². The lowest BCUT2D eigenvalue weighted by molar-refractivity contribution is 0.274. The van der Waals surface area contributed by atoms with E-state index in [1.165, 1.54) is 0 Å². The van der Waals surface area contributed by atoms with Crippen LogP contribution in [0.2, 0.25) is 0 Å². The van der Waals surface area contributed by atoms with E-state index in [2.05, 4.69) is 9.97 Å². The SMILES string of the molecule is O=c1[nH]c(=S)[nH]c2c1CCCO2. The molecule has 2 heterocycles. The van der Waals surface area contributed by atoms with Crippen LogP contribution in [0.25, 0.3) is 0 Å². The summed E-state index contributed by atoms with van der Waals surface area (Å²) in [5.74, 6) is 0.537. The van der Waals surface area contributed by atoms with Crippen LogP contribution >= 0.6 is 12.2 Å². The summed E-state index contributed by atoms with van der Waals surface area (Å²) in [6.45, 7) is 0.654. The van der Waals surface area contributed by atoms with Crippen molar-refractivity contribution in [2.45, 2.75) is 12.8 Å². The van der Waals surface area contributed by atoms with E-state index in [1.807, 2.05) is 0 Å². The van der Waals surface area contributed by atoms with Gasteiger partial charge in [-0.05, 0) is 25.1 Å². The smallest absolute Gasteiger partial charge is 0.258 e. The third kappa shape index (κ3) is 1.16. The minimum absolute atomic E-state index is 0.131. The summed E-state index contributed by atoms with van der Waals surface area (Å²) < 4.78 is 5.56. The number of hydrogen-bond acceptors (Lipinski definition) is 3. The van der Waals surface area contributed by atoms with Crippen molar-refractivity contribution in [3.8, 4) is 5.88 Å². The average Bonchev–Trinajstić information content (AvgIpc) is 2.04. The van der Waals surface area contributed by atoms with Crippen LogP contribution in [0.15, 0.2) is 4.79 Å². The monoisotopic (exact) mass is 184 g/mol. The van der Waals surface area contributed by atoms with E-state index in [-0.39, 0.29) is 5.56 Å². The van der Waals surface area contributed by atoms with Crippen molar-refractivity contribution in [2.24, 2.45) is 0 Å². The Hall–Kier alpha value is -1.10. The van der Waals surface area contributed by atoms with Gasteiger partial charge in [-0.1, -0.05) is 0 Å². The Morgan fingerprint density at radius 2 is 2.25 bits per heavy atom. The van der Waals surface area contributed by atoms with E-state index in [9.17, 15) is 4.79 Å². The van der Waals surface area contributed by atoms with E-state index < -0.39 is 0 Å². The molecule has 0 bridgehead atoms. The molecule has 1 aromatic rings. The van der Waals surface area contributed by atoms with E-state index in [0.717, 1.165) is 12.8 Å². The molecule has 0 radical (unpaired) electrons. The van der Waals surface area contributed by atoms with E-state index in [1.54, 1.807) is 0 Å². The van der Waals surface area contributed by atoms with Crippen LogP contribution in [0.4, 0.5) is 0 Å². The molecule has 0 aromatic carbocycles. The summed E-state index contributed by atoms with van der Waals surface area (Å²) in [6, 6.07) is 0. The first kappa shape index (κ1) is 7.54. The molecule has 0 saturated carbocycles. The molecule has 12 heavy (non-hydrogen) atoms. The maximum absolute atomic E-state index is 11.3. The molecule has 0 fully saturated rings. The van der Waals surface area contributed by atoms with E-state index in [0.29, 0.717) is 22.8 Å². The van der Waals surface area contributed by atoms with Crippen molar-refractivity contribution in [2.75, 3.05) is 6.61 Å². The Morgan fingerprint density at radius 3 is 3.08 bits per heavy atom. The highest BCUT2D eigenvalue weighted by atomic mass is 32.1. The molecule has 0 amide bonds. The standard InChI is InChI=1S/C7H8N2O2S/c10-5-4-2-1-3-11-6(4)9-7(12)8-5/h1-3H2,(H2,8,9,10,12). The van der Waals surface area contributed by atoms with Gasteiger partial charge in [-0.2, -0.15) is 0 Å². The van der Waals surface area contributed by atoms with E-state index in [4.69, 9.17) is 17.0 Å². The number of hydrogen-bond donors (Lipinski definition) is 2. The van der Waals surface area contributed by atoms with Crippen molar-refractivity contribution >= 4 is 12.2 Å². The molecular formula is C7H8N2O2S. The normalized spacial score (nSPS) is 15.0. The zero-order chi connectivity index (χ0) is 8.55. The summed E-state index contributed by atoms with van der Waals surface area (Å²) in [5.41, 5.74) is 0.545. The molecule has 2 rings (SSSR count). The van der Waals surface area contributed by atoms with Crippen LogP contribution in [-0.4, -0.2) is 16.6 Å². The zero-order valence-corrected chi connectivity index (χ0v) is 7.16. The Bertz CT molecular complexity index is 407. The predicted molar refractivity (Wildman–Crippen MR) is 46.1 cm³/mol. The maximum atomic E-state index is 11.3. The molecule has 2 N–H and O–H groups in total. The lowest BCUT2D eigenvalue weighted by Gasteiger charge is -2.14. The van der Waals surface area contributed by atoms with Gasteiger partial charge >= 0.3 is 0 Å². The Balaban J connectivity index is 2.68. The lowest BCUT2D eigenvalue weighted by Crippen LogP contribution is -2.21. The summed E-state index contributed by atoms with van der Waals surface area (Å²) in [6.07, 6.45) is 1.65. The third-order valence-electron chi connectivity index (χ3n) is 1.82. The van der Waals surface area contributed by atoms with Gasteiger partial charge in [-0.15, -0.1) is 0 Å². The fourth-order valence-electron chi connectivity index (χ4n) is 1.26. The van der Waals surface area contributed by atoms with Gasteiger partial charge < -0.3 is 9.72 Å². The first-order valence-corrected chi connectivity index (χ1v) is 4.16. The fourth-order valence-corrected chi connectivity index (χ4v) is 1.45. The molecule has 0 spiro atoms. The van der Waals surface area contributed by atoms with Crippen molar-refractivity contribution in [1.82, 2.24) is 9.97 Å². The Morgan fingerprint density at radius 1 is 1.42 bits per heavy atom. The maximum Gasteiger partial charge on any atom is 0.258 e. The summed E-state index contributed by atoms with van der Waals surface area (Å²) in [7, 11) is 0. The number of aromatic nitrogens is 2. The molecular weight excluding hydrogens is 176 g/mol. The van der Waals surface area contributed by atoms with Gasteiger partial charge in [0.2, 0.25) is 5.88 Å². The highest BCUT2D eigenvalue weighted by Gasteiger charge is 2.13. The number of nitrogens with one attached hydrogen (secondary N) is 2. The van der Waals surface area contributed by atoms with Crippen LogP contribution < -0.4 is 10.3 Å². The van der Waals surface area contributed by atoms with Crippen molar-refractivity contribution in [3.05, 3.63) is 20.7 Å².